The molecular weight excluding hydrogens is 480 g/mol. The number of nitriles is 1. The van der Waals surface area contributed by atoms with Crippen molar-refractivity contribution in [1.29, 1.82) is 5.26 Å². The Bertz CT molecular complexity index is 1370. The van der Waals surface area contributed by atoms with Crippen LogP contribution in [0, 0.1) is 11.3 Å². The van der Waals surface area contributed by atoms with Crippen LogP contribution in [0.1, 0.15) is 17.7 Å². The molecular formula is C25H22N6O4S. The van der Waals surface area contributed by atoms with Gasteiger partial charge in [-0.25, -0.2) is 14.8 Å². The van der Waals surface area contributed by atoms with Gasteiger partial charge < -0.3 is 20.5 Å². The summed E-state index contributed by atoms with van der Waals surface area (Å²) in [6, 6.07) is 16.1. The number of nitrogens with zero attached hydrogens (tertiary/aromatic N) is 4. The lowest BCUT2D eigenvalue weighted by molar-refractivity contribution is -0.113. The molecule has 1 saturated heterocycles. The van der Waals surface area contributed by atoms with Crippen LogP contribution in [0.3, 0.4) is 0 Å². The van der Waals surface area contributed by atoms with E-state index in [2.05, 4.69) is 20.6 Å². The number of cyclic esters (lactones) is 1. The average Bonchev–Trinajstić information content (AvgIpc) is 3.27. The quantitative estimate of drug-likeness (QED) is 0.415. The number of nitrogens with one attached hydrogen (secondary N) is 2. The molecule has 5 rings (SSSR count). The second-order valence-corrected chi connectivity index (χ2v) is 9.29. The lowest BCUT2D eigenvalue weighted by atomic mass is 10.0. The third kappa shape index (κ3) is 4.95. The SMILES string of the molecule is N#Cc1cccc(-c2cccc(CNCC[C@H]3CN(c4ccc5c(n4)NC(=O)CS5)C(=O)O3)c2O)n1. The number of aromatic hydroxyl groups is 1. The number of ether oxygens (including phenoxy) is 1. The summed E-state index contributed by atoms with van der Waals surface area (Å²) in [6.07, 6.45) is -0.212. The third-order valence-corrected chi connectivity index (χ3v) is 6.88. The summed E-state index contributed by atoms with van der Waals surface area (Å²) >= 11 is 1.41. The van der Waals surface area contributed by atoms with Gasteiger partial charge in [-0.15, -0.1) is 11.8 Å². The van der Waals surface area contributed by atoms with Crippen LogP contribution in [-0.4, -0.2) is 52.0 Å². The Morgan fingerprint density at radius 2 is 2.06 bits per heavy atom. The maximum absolute atomic E-state index is 12.4. The Balaban J connectivity index is 1.16. The molecule has 0 spiro atoms. The standard InChI is InChI=1S/C25H22N6O4S/c26-11-16-4-2-6-19(28-16)18-5-1-3-15(23(18)33)12-27-10-9-17-13-31(25(34)35-17)21-8-7-20-24(29-21)30-22(32)14-36-20/h1-8,17,27,33H,9-10,12-14H2,(H,29,30,32)/t17-/m0/s1. The van der Waals surface area contributed by atoms with Crippen molar-refractivity contribution in [3.63, 3.8) is 0 Å². The number of aromatic nitrogens is 2. The van der Waals surface area contributed by atoms with Crippen LogP contribution in [0.15, 0.2) is 53.4 Å². The maximum Gasteiger partial charge on any atom is 0.415 e. The Morgan fingerprint density at radius 3 is 2.92 bits per heavy atom. The Hall–Kier alpha value is -4.14. The van der Waals surface area contributed by atoms with Crippen LogP contribution >= 0.6 is 11.8 Å². The zero-order valence-electron chi connectivity index (χ0n) is 19.1. The molecule has 2 aromatic heterocycles. The van der Waals surface area contributed by atoms with Gasteiger partial charge >= 0.3 is 6.09 Å². The third-order valence-electron chi connectivity index (χ3n) is 5.83. The summed E-state index contributed by atoms with van der Waals surface area (Å²) in [5.41, 5.74) is 2.06. The van der Waals surface area contributed by atoms with Gasteiger partial charge in [0.05, 0.1) is 22.9 Å². The highest BCUT2D eigenvalue weighted by atomic mass is 32.2. The van der Waals surface area contributed by atoms with Crippen LogP contribution in [0.2, 0.25) is 0 Å². The molecule has 3 N–H and O–H groups in total. The van der Waals surface area contributed by atoms with E-state index in [0.29, 0.717) is 60.3 Å². The minimum absolute atomic E-state index is 0.106. The lowest BCUT2D eigenvalue weighted by Crippen LogP contribution is -2.28. The number of amides is 2. The number of fused-ring (bicyclic) bond motifs is 1. The van der Waals surface area contributed by atoms with E-state index in [1.807, 2.05) is 24.3 Å². The highest BCUT2D eigenvalue weighted by Gasteiger charge is 2.33. The molecule has 0 aliphatic carbocycles. The predicted molar refractivity (Wildman–Crippen MR) is 134 cm³/mol. The molecule has 0 radical (unpaired) electrons. The summed E-state index contributed by atoms with van der Waals surface area (Å²) in [6.45, 7) is 1.32. The first-order valence-electron chi connectivity index (χ1n) is 11.3. The van der Waals surface area contributed by atoms with Gasteiger partial charge in [-0.2, -0.15) is 5.26 Å². The van der Waals surface area contributed by atoms with Crippen LogP contribution < -0.4 is 15.5 Å². The molecule has 1 fully saturated rings. The number of benzene rings is 1. The molecule has 11 heteroatoms. The number of carbonyl (C=O) groups excluding carboxylic acids is 2. The van der Waals surface area contributed by atoms with Crippen LogP contribution in [0.25, 0.3) is 11.3 Å². The van der Waals surface area contributed by atoms with Gasteiger partial charge in [0.15, 0.2) is 0 Å². The van der Waals surface area contributed by atoms with Crippen molar-refractivity contribution in [2.24, 2.45) is 0 Å². The molecule has 0 unspecified atom stereocenters. The summed E-state index contributed by atoms with van der Waals surface area (Å²) in [5.74, 6) is 1.24. The highest BCUT2D eigenvalue weighted by molar-refractivity contribution is 8.00. The van der Waals surface area contributed by atoms with E-state index in [1.165, 1.54) is 16.7 Å². The molecule has 4 heterocycles. The van der Waals surface area contributed by atoms with Gasteiger partial charge in [0.1, 0.15) is 35.3 Å². The van der Waals surface area contributed by atoms with Gasteiger partial charge in [-0.3, -0.25) is 9.69 Å². The zero-order valence-corrected chi connectivity index (χ0v) is 19.9. The van der Waals surface area contributed by atoms with Gasteiger partial charge in [0, 0.05) is 17.7 Å². The highest BCUT2D eigenvalue weighted by Crippen LogP contribution is 2.33. The molecule has 1 atom stereocenters. The molecule has 182 valence electrons. The number of thioether (sulfide) groups is 1. The normalized spacial score (nSPS) is 16.8. The maximum atomic E-state index is 12.4. The summed E-state index contributed by atoms with van der Waals surface area (Å²) in [4.78, 5) is 35.1. The van der Waals surface area contributed by atoms with Crippen LogP contribution in [-0.2, 0) is 16.1 Å². The fourth-order valence-corrected chi connectivity index (χ4v) is 4.79. The second-order valence-electron chi connectivity index (χ2n) is 8.27. The average molecular weight is 503 g/mol. The predicted octanol–water partition coefficient (Wildman–Crippen LogP) is 3.27. The second kappa shape index (κ2) is 10.2. The van der Waals surface area contributed by atoms with Crippen molar-refractivity contribution in [1.82, 2.24) is 15.3 Å². The number of hydrogen-bond donors (Lipinski definition) is 3. The molecule has 2 aliphatic rings. The number of hydrogen-bond acceptors (Lipinski definition) is 9. The summed E-state index contributed by atoms with van der Waals surface area (Å²) in [7, 11) is 0. The van der Waals surface area contributed by atoms with E-state index in [-0.39, 0.29) is 23.5 Å². The van der Waals surface area contributed by atoms with Gasteiger partial charge in [0.25, 0.3) is 0 Å². The minimum atomic E-state index is -0.473. The zero-order chi connectivity index (χ0) is 25.1. The number of carbonyl (C=O) groups is 2. The fourth-order valence-electron chi connectivity index (χ4n) is 4.04. The molecule has 2 amide bonds. The van der Waals surface area contributed by atoms with E-state index in [0.717, 1.165) is 4.90 Å². The molecule has 36 heavy (non-hydrogen) atoms. The van der Waals surface area contributed by atoms with Gasteiger partial charge in [-0.1, -0.05) is 18.2 Å². The van der Waals surface area contributed by atoms with Crippen molar-refractivity contribution in [2.75, 3.05) is 29.1 Å². The largest absolute Gasteiger partial charge is 0.507 e. The first kappa shape index (κ1) is 23.6. The lowest BCUT2D eigenvalue weighted by Gasteiger charge is -2.18. The van der Waals surface area contributed by atoms with Crippen LogP contribution in [0.4, 0.5) is 16.4 Å². The number of phenols is 1. The minimum Gasteiger partial charge on any atom is -0.507 e. The summed E-state index contributed by atoms with van der Waals surface area (Å²) in [5, 5.41) is 25.8. The number of pyridine rings is 2. The summed E-state index contributed by atoms with van der Waals surface area (Å²) < 4.78 is 5.50. The van der Waals surface area contributed by atoms with E-state index in [4.69, 9.17) is 10.00 Å². The van der Waals surface area contributed by atoms with Gasteiger partial charge in [0.2, 0.25) is 5.91 Å². The Labute approximate surface area is 211 Å². The van der Waals surface area contributed by atoms with Crippen molar-refractivity contribution in [3.8, 4) is 23.1 Å². The first-order valence-corrected chi connectivity index (χ1v) is 12.3. The van der Waals surface area contributed by atoms with Crippen LogP contribution in [0.5, 0.6) is 5.75 Å². The number of rotatable bonds is 7. The van der Waals surface area contributed by atoms with Crippen molar-refractivity contribution >= 4 is 35.4 Å². The van der Waals surface area contributed by atoms with Crippen molar-refractivity contribution in [3.05, 3.63) is 59.8 Å². The molecule has 10 nitrogen and oxygen atoms in total. The molecule has 0 bridgehead atoms. The Kier molecular flexibility index (Phi) is 6.71. The number of phenolic OH excluding ortho intramolecular Hbond substituents is 1. The first-order chi connectivity index (χ1) is 17.5. The van der Waals surface area contributed by atoms with E-state index in [1.54, 1.807) is 30.3 Å². The van der Waals surface area contributed by atoms with E-state index < -0.39 is 6.09 Å². The van der Waals surface area contributed by atoms with Crippen molar-refractivity contribution < 1.29 is 19.4 Å². The van der Waals surface area contributed by atoms with Crippen molar-refractivity contribution in [2.45, 2.75) is 24.0 Å². The molecule has 3 aromatic rings. The topological polar surface area (TPSA) is 140 Å². The molecule has 1 aromatic carbocycles. The number of anilines is 2. The monoisotopic (exact) mass is 502 g/mol. The van der Waals surface area contributed by atoms with E-state index >= 15 is 0 Å². The fraction of sp³-hybridized carbons (Fsp3) is 0.240. The molecule has 2 aliphatic heterocycles. The number of para-hydroxylation sites is 1. The molecule has 0 saturated carbocycles. The van der Waals surface area contributed by atoms with E-state index in [9.17, 15) is 14.7 Å². The Morgan fingerprint density at radius 1 is 1.19 bits per heavy atom. The van der Waals surface area contributed by atoms with Gasteiger partial charge in [-0.05, 0) is 43.3 Å². The smallest absolute Gasteiger partial charge is 0.415 e.